The second-order valence-electron chi connectivity index (χ2n) is 7.16. The zero-order valence-corrected chi connectivity index (χ0v) is 15.9. The number of nitro groups is 1. The maximum atomic E-state index is 12.4. The van der Waals surface area contributed by atoms with E-state index in [1.54, 1.807) is 6.92 Å². The lowest BCUT2D eigenvalue weighted by Crippen LogP contribution is -2.40. The van der Waals surface area contributed by atoms with Crippen molar-refractivity contribution < 1.29 is 13.3 Å². The summed E-state index contributed by atoms with van der Waals surface area (Å²) in [5.41, 5.74) is 0.277. The summed E-state index contributed by atoms with van der Waals surface area (Å²) in [6.45, 7) is 9.42. The fourth-order valence-corrected chi connectivity index (χ4v) is 4.89. The highest BCUT2D eigenvalue weighted by molar-refractivity contribution is 7.89. The third-order valence-corrected chi connectivity index (χ3v) is 6.16. The second kappa shape index (κ2) is 8.25. The standard InChI is InChI=1S/C17H27N3O4S/c1-13-9-14(2)12-19(11-13)8-4-7-18-25(23,24)17-10-16(20(21)22)6-5-15(17)3/h5-6,10,13-14,18H,4,7-9,11-12H2,1-3H3. The molecule has 0 saturated carbocycles. The number of hydrogen-bond acceptors (Lipinski definition) is 5. The lowest BCUT2D eigenvalue weighted by molar-refractivity contribution is -0.385. The van der Waals surface area contributed by atoms with Crippen molar-refractivity contribution in [2.75, 3.05) is 26.2 Å². The molecular formula is C17H27N3O4S. The molecule has 1 aliphatic heterocycles. The van der Waals surface area contributed by atoms with Gasteiger partial charge in [0.2, 0.25) is 10.0 Å². The highest BCUT2D eigenvalue weighted by Gasteiger charge is 2.22. The van der Waals surface area contributed by atoms with Crippen molar-refractivity contribution in [3.05, 3.63) is 33.9 Å². The van der Waals surface area contributed by atoms with Gasteiger partial charge < -0.3 is 4.90 Å². The molecule has 2 unspecified atom stereocenters. The Balaban J connectivity index is 1.91. The van der Waals surface area contributed by atoms with Crippen LogP contribution in [0.25, 0.3) is 0 Å². The van der Waals surface area contributed by atoms with Gasteiger partial charge in [-0.05, 0) is 43.7 Å². The van der Waals surface area contributed by atoms with Gasteiger partial charge in [0.05, 0.1) is 9.82 Å². The summed E-state index contributed by atoms with van der Waals surface area (Å²) in [7, 11) is -3.74. The minimum absolute atomic E-state index is 0.0260. The Labute approximate surface area is 149 Å². The molecule has 0 spiro atoms. The molecule has 25 heavy (non-hydrogen) atoms. The first-order chi connectivity index (χ1) is 11.7. The maximum absolute atomic E-state index is 12.4. The zero-order valence-electron chi connectivity index (χ0n) is 15.1. The Morgan fingerprint density at radius 1 is 1.28 bits per heavy atom. The van der Waals surface area contributed by atoms with Crippen molar-refractivity contribution >= 4 is 15.7 Å². The molecule has 1 N–H and O–H groups in total. The normalized spacial score (nSPS) is 22.0. The number of sulfonamides is 1. The molecule has 1 fully saturated rings. The Bertz CT molecular complexity index is 711. The summed E-state index contributed by atoms with van der Waals surface area (Å²) >= 11 is 0. The van der Waals surface area contributed by atoms with E-state index < -0.39 is 14.9 Å². The first-order valence-electron chi connectivity index (χ1n) is 8.66. The monoisotopic (exact) mass is 369 g/mol. The van der Waals surface area contributed by atoms with Gasteiger partial charge in [0.25, 0.3) is 5.69 Å². The van der Waals surface area contributed by atoms with Gasteiger partial charge in [0.1, 0.15) is 0 Å². The molecule has 0 aliphatic carbocycles. The van der Waals surface area contributed by atoms with Crippen molar-refractivity contribution in [2.45, 2.75) is 38.5 Å². The van der Waals surface area contributed by atoms with Gasteiger partial charge in [-0.15, -0.1) is 0 Å². The van der Waals surface area contributed by atoms with Crippen LogP contribution in [0.3, 0.4) is 0 Å². The molecule has 1 aliphatic rings. The molecule has 7 nitrogen and oxygen atoms in total. The van der Waals surface area contributed by atoms with Crippen molar-refractivity contribution in [1.82, 2.24) is 9.62 Å². The van der Waals surface area contributed by atoms with Crippen LogP contribution in [0.15, 0.2) is 23.1 Å². The number of likely N-dealkylation sites (tertiary alicyclic amines) is 1. The molecule has 1 heterocycles. The fourth-order valence-electron chi connectivity index (χ4n) is 3.55. The molecule has 1 saturated heterocycles. The summed E-state index contributed by atoms with van der Waals surface area (Å²) in [6.07, 6.45) is 1.96. The van der Waals surface area contributed by atoms with Crippen LogP contribution < -0.4 is 4.72 Å². The van der Waals surface area contributed by atoms with Crippen LogP contribution in [0.2, 0.25) is 0 Å². The topological polar surface area (TPSA) is 92.5 Å². The quantitative estimate of drug-likeness (QED) is 0.453. The largest absolute Gasteiger partial charge is 0.303 e. The van der Waals surface area contributed by atoms with Crippen LogP contribution in [0.1, 0.15) is 32.3 Å². The molecular weight excluding hydrogens is 342 g/mol. The van der Waals surface area contributed by atoms with E-state index in [2.05, 4.69) is 23.5 Å². The number of aryl methyl sites for hydroxylation is 1. The van der Waals surface area contributed by atoms with E-state index in [0.29, 0.717) is 30.4 Å². The van der Waals surface area contributed by atoms with Crippen LogP contribution >= 0.6 is 0 Å². The lowest BCUT2D eigenvalue weighted by atomic mass is 9.92. The second-order valence-corrected chi connectivity index (χ2v) is 8.90. The van der Waals surface area contributed by atoms with Crippen molar-refractivity contribution in [3.8, 4) is 0 Å². The number of nitrogens with one attached hydrogen (secondary N) is 1. The number of rotatable bonds is 7. The van der Waals surface area contributed by atoms with Crippen LogP contribution in [0.5, 0.6) is 0 Å². The van der Waals surface area contributed by atoms with Gasteiger partial charge >= 0.3 is 0 Å². The van der Waals surface area contributed by atoms with Crippen molar-refractivity contribution in [3.63, 3.8) is 0 Å². The number of nitro benzene ring substituents is 1. The van der Waals surface area contributed by atoms with E-state index in [4.69, 9.17) is 0 Å². The summed E-state index contributed by atoms with van der Waals surface area (Å²) in [6, 6.07) is 3.89. The Kier molecular flexibility index (Phi) is 6.53. The first-order valence-corrected chi connectivity index (χ1v) is 10.1. The number of benzene rings is 1. The Morgan fingerprint density at radius 3 is 2.52 bits per heavy atom. The third-order valence-electron chi connectivity index (χ3n) is 4.56. The average Bonchev–Trinajstić information content (AvgIpc) is 2.50. The summed E-state index contributed by atoms with van der Waals surface area (Å²) in [4.78, 5) is 12.6. The highest BCUT2D eigenvalue weighted by atomic mass is 32.2. The van der Waals surface area contributed by atoms with Gasteiger partial charge in [0, 0.05) is 31.8 Å². The van der Waals surface area contributed by atoms with Gasteiger partial charge in [-0.3, -0.25) is 10.1 Å². The average molecular weight is 369 g/mol. The Hall–Kier alpha value is -1.51. The van der Waals surface area contributed by atoms with E-state index in [0.717, 1.165) is 25.7 Å². The van der Waals surface area contributed by atoms with E-state index in [9.17, 15) is 18.5 Å². The Morgan fingerprint density at radius 2 is 1.92 bits per heavy atom. The molecule has 1 aromatic carbocycles. The van der Waals surface area contributed by atoms with Crippen LogP contribution in [-0.4, -0.2) is 44.4 Å². The minimum Gasteiger partial charge on any atom is -0.303 e. The number of nitrogens with zero attached hydrogens (tertiary/aromatic N) is 2. The van der Waals surface area contributed by atoms with Gasteiger partial charge in [-0.1, -0.05) is 19.9 Å². The smallest absolute Gasteiger partial charge is 0.270 e. The first kappa shape index (κ1) is 19.8. The minimum atomic E-state index is -3.74. The van der Waals surface area contributed by atoms with E-state index in [1.807, 2.05) is 0 Å². The van der Waals surface area contributed by atoms with Gasteiger partial charge in [0.15, 0.2) is 0 Å². The van der Waals surface area contributed by atoms with E-state index in [-0.39, 0.29) is 10.6 Å². The molecule has 0 bridgehead atoms. The molecule has 0 amide bonds. The van der Waals surface area contributed by atoms with Crippen LogP contribution in [0, 0.1) is 28.9 Å². The number of piperidine rings is 1. The summed E-state index contributed by atoms with van der Waals surface area (Å²) in [5.74, 6) is 1.35. The predicted octanol–water partition coefficient (Wildman–Crippen LogP) is 2.55. The van der Waals surface area contributed by atoms with Crippen molar-refractivity contribution in [1.29, 1.82) is 0 Å². The molecule has 2 atom stereocenters. The molecule has 140 valence electrons. The van der Waals surface area contributed by atoms with Crippen molar-refractivity contribution in [2.24, 2.45) is 11.8 Å². The summed E-state index contributed by atoms with van der Waals surface area (Å²) < 4.78 is 27.4. The predicted molar refractivity (Wildman–Crippen MR) is 97.0 cm³/mol. The van der Waals surface area contributed by atoms with Crippen LogP contribution in [-0.2, 0) is 10.0 Å². The number of hydrogen-bond donors (Lipinski definition) is 1. The molecule has 1 aromatic rings. The molecule has 0 aromatic heterocycles. The lowest BCUT2D eigenvalue weighted by Gasteiger charge is -2.34. The van der Waals surface area contributed by atoms with Gasteiger partial charge in [-0.25, -0.2) is 13.1 Å². The highest BCUT2D eigenvalue weighted by Crippen LogP contribution is 2.22. The fraction of sp³-hybridized carbons (Fsp3) is 0.647. The number of non-ortho nitro benzene ring substituents is 1. The third kappa shape index (κ3) is 5.49. The molecule has 8 heteroatoms. The summed E-state index contributed by atoms with van der Waals surface area (Å²) in [5, 5.41) is 10.9. The van der Waals surface area contributed by atoms with Crippen LogP contribution in [0.4, 0.5) is 5.69 Å². The SMILES string of the molecule is Cc1ccc([N+](=O)[O-])cc1S(=O)(=O)NCCCN1CC(C)CC(C)C1. The molecule has 2 rings (SSSR count). The maximum Gasteiger partial charge on any atom is 0.270 e. The van der Waals surface area contributed by atoms with E-state index in [1.165, 1.54) is 18.6 Å². The van der Waals surface area contributed by atoms with E-state index >= 15 is 0 Å². The zero-order chi connectivity index (χ0) is 18.6. The molecule has 0 radical (unpaired) electrons. The van der Waals surface area contributed by atoms with Gasteiger partial charge in [-0.2, -0.15) is 0 Å².